The predicted molar refractivity (Wildman–Crippen MR) is 203 cm³/mol. The van der Waals surface area contributed by atoms with Crippen molar-refractivity contribution in [2.75, 3.05) is 20.8 Å². The van der Waals surface area contributed by atoms with Gasteiger partial charge in [0.2, 0.25) is 27.7 Å². The van der Waals surface area contributed by atoms with Crippen molar-refractivity contribution in [3.8, 4) is 17.4 Å². The Hall–Kier alpha value is -4.67. The summed E-state index contributed by atoms with van der Waals surface area (Å²) in [5.41, 5.74) is -2.42. The van der Waals surface area contributed by atoms with Gasteiger partial charge in [-0.05, 0) is 83.3 Å². The van der Waals surface area contributed by atoms with Crippen LogP contribution in [-0.4, -0.2) is 97.5 Å². The number of allylic oxidation sites excluding steroid dienone is 1. The van der Waals surface area contributed by atoms with Crippen LogP contribution in [0.4, 0.5) is 9.18 Å². The fraction of sp³-hybridized carbons (Fsp3) is 0.615. The van der Waals surface area contributed by atoms with E-state index in [1.807, 2.05) is 26.0 Å². The van der Waals surface area contributed by atoms with E-state index in [2.05, 4.69) is 20.3 Å². The van der Waals surface area contributed by atoms with Crippen molar-refractivity contribution in [3.63, 3.8) is 0 Å². The molecular formula is C39H52FN5O10S. The topological polar surface area (TPSA) is 192 Å². The Labute approximate surface area is 326 Å². The molecule has 1 aromatic heterocycles. The number of ether oxygens (including phenoxy) is 4. The first-order valence-corrected chi connectivity index (χ1v) is 20.6. The van der Waals surface area contributed by atoms with E-state index >= 15 is 4.39 Å². The van der Waals surface area contributed by atoms with Gasteiger partial charge in [-0.3, -0.25) is 19.1 Å². The van der Waals surface area contributed by atoms with Crippen LogP contribution in [0.2, 0.25) is 0 Å². The molecule has 1 aromatic carbocycles. The second kappa shape index (κ2) is 15.7. The Morgan fingerprint density at radius 2 is 1.75 bits per heavy atom. The summed E-state index contributed by atoms with van der Waals surface area (Å²) in [5, 5.41) is 5.66. The number of amides is 4. The second-order valence-corrected chi connectivity index (χ2v) is 18.5. The molecule has 0 bridgehead atoms. The number of sulfonamides is 1. The molecule has 0 radical (unpaired) electrons. The number of pyridine rings is 1. The number of benzene rings is 1. The molecule has 0 spiro atoms. The maximum absolute atomic E-state index is 15.0. The number of hydrogen-bond acceptors (Lipinski definition) is 11. The lowest BCUT2D eigenvalue weighted by Crippen LogP contribution is -2.59. The summed E-state index contributed by atoms with van der Waals surface area (Å²) < 4.78 is 65.5. The lowest BCUT2D eigenvalue weighted by molar-refractivity contribution is -0.142. The summed E-state index contributed by atoms with van der Waals surface area (Å²) in [6.07, 6.45) is 6.41. The second-order valence-electron chi connectivity index (χ2n) is 16.5. The average molecular weight is 802 g/mol. The molecule has 306 valence electrons. The van der Waals surface area contributed by atoms with Gasteiger partial charge in [-0.15, -0.1) is 0 Å². The number of nitrogens with zero attached hydrogens (tertiary/aromatic N) is 2. The van der Waals surface area contributed by atoms with Gasteiger partial charge >= 0.3 is 6.09 Å². The minimum absolute atomic E-state index is 0.0158. The monoisotopic (exact) mass is 801 g/mol. The van der Waals surface area contributed by atoms with E-state index in [0.717, 1.165) is 6.42 Å². The molecule has 17 heteroatoms. The van der Waals surface area contributed by atoms with E-state index in [1.54, 1.807) is 20.8 Å². The number of aromatic nitrogens is 1. The molecule has 2 aromatic rings. The third-order valence-electron chi connectivity index (χ3n) is 10.9. The highest BCUT2D eigenvalue weighted by atomic mass is 32.2. The van der Waals surface area contributed by atoms with Crippen molar-refractivity contribution in [2.24, 2.45) is 17.8 Å². The zero-order valence-electron chi connectivity index (χ0n) is 32.8. The van der Waals surface area contributed by atoms with Crippen molar-refractivity contribution in [1.29, 1.82) is 0 Å². The van der Waals surface area contributed by atoms with E-state index < -0.39 is 86.1 Å². The lowest BCUT2D eigenvalue weighted by atomic mass is 9.88. The van der Waals surface area contributed by atoms with Crippen molar-refractivity contribution in [2.45, 2.75) is 114 Å². The quantitative estimate of drug-likeness (QED) is 0.326. The summed E-state index contributed by atoms with van der Waals surface area (Å²) >= 11 is 0. The largest absolute Gasteiger partial charge is 0.494 e. The van der Waals surface area contributed by atoms with Gasteiger partial charge in [0, 0.05) is 17.7 Å². The summed E-state index contributed by atoms with van der Waals surface area (Å²) in [4.78, 5) is 61.9. The molecule has 4 aliphatic rings. The van der Waals surface area contributed by atoms with E-state index in [-0.39, 0.29) is 42.3 Å². The molecule has 3 fully saturated rings. The van der Waals surface area contributed by atoms with E-state index in [4.69, 9.17) is 18.9 Å². The third-order valence-corrected chi connectivity index (χ3v) is 12.7. The lowest BCUT2D eigenvalue weighted by Gasteiger charge is -2.33. The molecule has 3 N–H and O–H groups in total. The van der Waals surface area contributed by atoms with Gasteiger partial charge in [-0.1, -0.05) is 26.0 Å². The number of fused-ring (bicyclic) bond motifs is 3. The van der Waals surface area contributed by atoms with Crippen molar-refractivity contribution in [3.05, 3.63) is 36.3 Å². The third kappa shape index (κ3) is 8.82. The summed E-state index contributed by atoms with van der Waals surface area (Å²) in [5.74, 6) is -3.22. The smallest absolute Gasteiger partial charge is 0.408 e. The van der Waals surface area contributed by atoms with E-state index in [1.165, 1.54) is 37.4 Å². The highest BCUT2D eigenvalue weighted by Gasteiger charge is 2.62. The number of carbonyl (C=O) groups excluding carboxylic acids is 4. The van der Waals surface area contributed by atoms with Crippen LogP contribution in [0.15, 0.2) is 30.5 Å². The molecule has 0 unspecified atom stereocenters. The molecule has 2 aliphatic heterocycles. The van der Waals surface area contributed by atoms with Gasteiger partial charge in [-0.25, -0.2) is 22.6 Å². The standard InChI is InChI=1S/C39H52FN5O10S/c1-21-10-8-9-11-23-18-39(23,36(48)44-56(50,51)25-12-13-25)43-33(46)29-15-24(20-45(29)35(47)32(22(2)14-21)42-37(49)55-38(3,4)5)54-34-27-16-28(40)30(52-6)17-26(27)31(53-7)19-41-34/h9,11,16-17,19,21-25,29,32H,8,10,12-15,18,20H2,1-7H3,(H,42,49)(H,43,46)(H,44,48)/b11-9-/t21-,22-,23-,24-,29+,32+,39-/m1/s1. The fourth-order valence-electron chi connectivity index (χ4n) is 7.69. The highest BCUT2D eigenvalue weighted by Crippen LogP contribution is 2.46. The van der Waals surface area contributed by atoms with Gasteiger partial charge in [0.05, 0.1) is 37.6 Å². The van der Waals surface area contributed by atoms with Gasteiger partial charge in [0.15, 0.2) is 11.6 Å². The van der Waals surface area contributed by atoms with Crippen LogP contribution in [0.3, 0.4) is 0 Å². The van der Waals surface area contributed by atoms with Crippen LogP contribution in [0.1, 0.15) is 79.6 Å². The summed E-state index contributed by atoms with van der Waals surface area (Å²) in [7, 11) is -1.16. The zero-order chi connectivity index (χ0) is 40.7. The Morgan fingerprint density at radius 3 is 2.41 bits per heavy atom. The number of alkyl carbamates (subject to hydrolysis) is 1. The van der Waals surface area contributed by atoms with Crippen molar-refractivity contribution in [1.82, 2.24) is 25.2 Å². The SMILES string of the molecule is COc1cc2c(OC)cnc(O[C@@H]3C[C@H]4C(=O)N[C@]5(C(=O)NS(=O)(=O)C6CC6)C[C@H]5/C=C\CC[C@@H](C)C[C@@H](C)[C@H](NC(=O)OC(C)(C)C)C(=O)N4C3)c2cc1F. The van der Waals surface area contributed by atoms with Gasteiger partial charge in [0.25, 0.3) is 5.91 Å². The van der Waals surface area contributed by atoms with Crippen molar-refractivity contribution >= 4 is 44.6 Å². The maximum Gasteiger partial charge on any atom is 0.408 e. The highest BCUT2D eigenvalue weighted by molar-refractivity contribution is 7.91. The van der Waals surface area contributed by atoms with Crippen LogP contribution in [-0.2, 0) is 29.1 Å². The number of hydrogen-bond donors (Lipinski definition) is 3. The maximum atomic E-state index is 15.0. The molecule has 2 saturated carbocycles. The zero-order valence-corrected chi connectivity index (χ0v) is 33.7. The number of nitrogens with one attached hydrogen (secondary N) is 3. The molecule has 1 saturated heterocycles. The molecule has 4 amide bonds. The number of methoxy groups -OCH3 is 2. The first-order valence-electron chi connectivity index (χ1n) is 19.1. The normalized spacial score (nSPS) is 29.1. The minimum atomic E-state index is -3.94. The average Bonchev–Trinajstić information content (AvgIpc) is 4.04. The number of rotatable bonds is 8. The first-order chi connectivity index (χ1) is 26.4. The van der Waals surface area contributed by atoms with E-state index in [0.29, 0.717) is 36.8 Å². The van der Waals surface area contributed by atoms with Crippen LogP contribution in [0.25, 0.3) is 10.8 Å². The molecule has 3 heterocycles. The van der Waals surface area contributed by atoms with Crippen LogP contribution in [0, 0.1) is 23.6 Å². The first kappa shape index (κ1) is 41.0. The van der Waals surface area contributed by atoms with Gasteiger partial charge in [0.1, 0.15) is 35.1 Å². The fourth-order valence-corrected chi connectivity index (χ4v) is 9.06. The molecule has 56 heavy (non-hydrogen) atoms. The Balaban J connectivity index is 1.37. The Kier molecular flexibility index (Phi) is 11.5. The molecule has 15 nitrogen and oxygen atoms in total. The minimum Gasteiger partial charge on any atom is -0.494 e. The van der Waals surface area contributed by atoms with Gasteiger partial charge < -0.3 is 34.5 Å². The van der Waals surface area contributed by atoms with E-state index in [9.17, 15) is 27.6 Å². The predicted octanol–water partition coefficient (Wildman–Crippen LogP) is 4.13. The molecule has 6 rings (SSSR count). The van der Waals surface area contributed by atoms with Crippen molar-refractivity contribution < 1.29 is 50.9 Å². The number of carbonyl (C=O) groups is 4. The molecular weight excluding hydrogens is 750 g/mol. The van der Waals surface area contributed by atoms with Crippen LogP contribution in [0.5, 0.6) is 17.4 Å². The Morgan fingerprint density at radius 1 is 1.04 bits per heavy atom. The van der Waals surface area contributed by atoms with Gasteiger partial charge in [-0.2, -0.15) is 0 Å². The number of halogens is 1. The summed E-state index contributed by atoms with van der Waals surface area (Å²) in [6, 6.07) is 0.324. The molecule has 2 aliphatic carbocycles. The Bertz CT molecular complexity index is 2020. The molecule has 7 atom stereocenters. The van der Waals surface area contributed by atoms with Crippen LogP contribution >= 0.6 is 0 Å². The summed E-state index contributed by atoms with van der Waals surface area (Å²) in [6.45, 7) is 8.88. The van der Waals surface area contributed by atoms with Crippen LogP contribution < -0.4 is 29.6 Å².